The van der Waals surface area contributed by atoms with Gasteiger partial charge in [-0.15, -0.1) is 0 Å². The molecule has 0 aliphatic heterocycles. The molecule has 10 nitrogen and oxygen atoms in total. The molecule has 0 aromatic heterocycles. The fraction of sp³-hybridized carbons (Fsp3) is 0.451. The van der Waals surface area contributed by atoms with Crippen LogP contribution in [0.3, 0.4) is 0 Å². The quantitative estimate of drug-likeness (QED) is 0.0383. The molecule has 4 N–H and O–H groups in total. The zero-order valence-electron chi connectivity index (χ0n) is 38.0. The summed E-state index contributed by atoms with van der Waals surface area (Å²) < 4.78 is 0. The predicted molar refractivity (Wildman–Crippen MR) is 244 cm³/mol. The number of benzene rings is 4. The van der Waals surface area contributed by atoms with Crippen LogP contribution in [-0.4, -0.2) is 43.8 Å². The van der Waals surface area contributed by atoms with Crippen LogP contribution < -0.4 is 10.2 Å². The third kappa shape index (κ3) is 17.7. The van der Waals surface area contributed by atoms with Crippen molar-refractivity contribution in [3.63, 3.8) is 0 Å². The van der Waals surface area contributed by atoms with Gasteiger partial charge in [-0.1, -0.05) is 91.0 Å². The monoisotopic (exact) mass is 894 g/mol. The van der Waals surface area contributed by atoms with E-state index in [1.807, 2.05) is 0 Å². The van der Waals surface area contributed by atoms with Crippen LogP contribution in [0.1, 0.15) is 166 Å². The van der Waals surface area contributed by atoms with Gasteiger partial charge in [-0.3, -0.25) is 9.98 Å². The summed E-state index contributed by atoms with van der Waals surface area (Å²) in [5, 5.41) is 56.8. The van der Waals surface area contributed by atoms with Crippen LogP contribution >= 0.6 is 0 Å². The molecule has 0 atom stereocenters. The molecule has 0 saturated carbocycles. The van der Waals surface area contributed by atoms with Crippen LogP contribution in [0.5, 0.6) is 23.0 Å². The topological polar surface area (TPSA) is 186 Å². The Hall–Kier alpha value is -5.15. The van der Waals surface area contributed by atoms with E-state index in [9.17, 15) is 19.8 Å². The molecule has 4 aromatic carbocycles. The Kier molecular flexibility index (Phi) is 25.8. The van der Waals surface area contributed by atoms with Gasteiger partial charge in [0.2, 0.25) is 0 Å². The third-order valence-electron chi connectivity index (χ3n) is 10.5. The van der Waals surface area contributed by atoms with Crippen LogP contribution in [0.4, 0.5) is 11.4 Å². The van der Waals surface area contributed by atoms with Gasteiger partial charge in [0, 0.05) is 11.1 Å². The summed E-state index contributed by atoms with van der Waals surface area (Å²) in [4.78, 5) is 31.1. The van der Waals surface area contributed by atoms with E-state index in [2.05, 4.69) is 77.9 Å². The van der Waals surface area contributed by atoms with Crippen molar-refractivity contribution in [2.75, 3.05) is 0 Å². The second-order valence-electron chi connectivity index (χ2n) is 15.5. The molecule has 0 bridgehead atoms. The molecule has 4 rings (SSSR count). The second kappa shape index (κ2) is 29.2. The number of unbranched alkanes of at least 4 members (excludes halogenated alkanes) is 5. The van der Waals surface area contributed by atoms with Crippen molar-refractivity contribution >= 4 is 34.7 Å². The van der Waals surface area contributed by atoms with Crippen LogP contribution in [0.2, 0.25) is 0 Å². The first-order valence-electron chi connectivity index (χ1n) is 22.0. The van der Waals surface area contributed by atoms with Crippen LogP contribution in [-0.2, 0) is 42.2 Å². The average molecular weight is 896 g/mol. The number of aliphatic imine (C=N–C) groups is 2. The molecular formula is C51H68N2NiO8. The van der Waals surface area contributed by atoms with Gasteiger partial charge < -0.3 is 40.2 Å². The van der Waals surface area contributed by atoms with E-state index in [4.69, 9.17) is 30.4 Å². The molecule has 0 unspecified atom stereocenters. The van der Waals surface area contributed by atoms with E-state index >= 15 is 0 Å². The number of carbonyl (C=O) groups is 2. The molecule has 0 aliphatic carbocycles. The number of carboxylic acids is 2. The minimum Gasteiger partial charge on any atom is -0.545 e. The fourth-order valence-corrected chi connectivity index (χ4v) is 6.74. The van der Waals surface area contributed by atoms with Gasteiger partial charge >= 0.3 is 16.5 Å². The van der Waals surface area contributed by atoms with Crippen molar-refractivity contribution in [1.29, 1.82) is 0 Å². The Balaban J connectivity index is 0.000000620. The number of carboxylic acid groups (broad SMARTS) is 2. The Morgan fingerprint density at radius 1 is 0.516 bits per heavy atom. The first kappa shape index (κ1) is 54.9. The molecule has 0 aliphatic rings. The van der Waals surface area contributed by atoms with Gasteiger partial charge in [0.25, 0.3) is 0 Å². The fourth-order valence-electron chi connectivity index (χ4n) is 6.74. The maximum Gasteiger partial charge on any atom is 2.00 e. The van der Waals surface area contributed by atoms with E-state index < -0.39 is 34.9 Å². The largest absolute Gasteiger partial charge is 2.00 e. The number of aromatic carboxylic acids is 2. The third-order valence-corrected chi connectivity index (χ3v) is 10.5. The normalized spacial score (nSPS) is 11.2. The number of rotatable bonds is 20. The number of nitrogens with zero attached hydrogens (tertiary/aromatic N) is 2. The summed E-state index contributed by atoms with van der Waals surface area (Å²) in [5.74, 6) is -5.20. The molecule has 11 heteroatoms. The first-order valence-corrected chi connectivity index (χ1v) is 22.0. The number of carbonyl (C=O) groups excluding carboxylic acids is 2. The SMILES string of the molecule is CCCCC(=Nc1ccc(CCCC)c(CCCC)c1)C(C)=Nc1ccc(CCCC)c(CCCC)c1.Cc1ccc(O)c(O)c1C(=O)[O-].Cc1ccc(O)c(O)c1C(=O)[O-].[Ni+2]. The molecule has 0 radical (unpaired) electrons. The Labute approximate surface area is 379 Å². The van der Waals surface area contributed by atoms with Crippen molar-refractivity contribution in [3.8, 4) is 23.0 Å². The Morgan fingerprint density at radius 3 is 1.21 bits per heavy atom. The van der Waals surface area contributed by atoms with Crippen molar-refractivity contribution < 1.29 is 56.7 Å². The Bertz CT molecular complexity index is 2030. The molecule has 0 heterocycles. The van der Waals surface area contributed by atoms with Crippen LogP contribution in [0, 0.1) is 13.8 Å². The summed E-state index contributed by atoms with van der Waals surface area (Å²) in [7, 11) is 0. The number of phenols is 4. The summed E-state index contributed by atoms with van der Waals surface area (Å²) in [6.45, 7) is 16.5. The number of phenolic OH excluding ortho intramolecular Hbond substituents is 2. The molecule has 0 spiro atoms. The van der Waals surface area contributed by atoms with Crippen LogP contribution in [0.15, 0.2) is 70.6 Å². The smallest absolute Gasteiger partial charge is 0.545 e. The first-order chi connectivity index (χ1) is 29.1. The molecule has 4 aromatic rings. The van der Waals surface area contributed by atoms with Crippen molar-refractivity contribution in [2.45, 2.75) is 152 Å². The van der Waals surface area contributed by atoms with E-state index in [1.165, 1.54) is 125 Å². The number of aromatic hydroxyl groups is 4. The maximum absolute atomic E-state index is 10.4. The van der Waals surface area contributed by atoms with Gasteiger partial charge in [0.05, 0.1) is 34.7 Å². The molecule has 0 saturated heterocycles. The van der Waals surface area contributed by atoms with E-state index in [0.717, 1.165) is 54.9 Å². The van der Waals surface area contributed by atoms with Crippen molar-refractivity contribution in [1.82, 2.24) is 0 Å². The number of hydrogen-bond donors (Lipinski definition) is 4. The molecule has 340 valence electrons. The number of aryl methyl sites for hydroxylation is 6. The standard InChI is InChI=1S/C35H54N2.2C8H8O4.Ni/c1-7-12-17-29-22-24-33(26-31(29)19-14-9-3)36-28(6)35(21-16-11-5)37-34-25-23-30(18-13-8-2)32(27-34)20-15-10-4;2*1-4-2-3-5(9)7(10)6(4)8(11)12;/h22-27H,7-21H2,1-6H3;2*2-3,9-10H,1H3,(H,11,12);/q;;;+2/p-2. The van der Waals surface area contributed by atoms with Gasteiger partial charge in [-0.2, -0.15) is 0 Å². The molecule has 0 amide bonds. The van der Waals surface area contributed by atoms with E-state index in [1.54, 1.807) is 0 Å². The molecule has 62 heavy (non-hydrogen) atoms. The summed E-state index contributed by atoms with van der Waals surface area (Å²) >= 11 is 0. The summed E-state index contributed by atoms with van der Waals surface area (Å²) in [6.07, 6.45) is 17.9. The minimum atomic E-state index is -1.50. The second-order valence-corrected chi connectivity index (χ2v) is 15.5. The van der Waals surface area contributed by atoms with Gasteiger partial charge in [-0.25, -0.2) is 0 Å². The van der Waals surface area contributed by atoms with Gasteiger partial charge in [0.15, 0.2) is 23.0 Å². The van der Waals surface area contributed by atoms with Crippen molar-refractivity contribution in [3.05, 3.63) is 105 Å². The van der Waals surface area contributed by atoms with E-state index in [0.29, 0.717) is 11.1 Å². The zero-order valence-corrected chi connectivity index (χ0v) is 39.0. The summed E-state index contributed by atoms with van der Waals surface area (Å²) in [6, 6.07) is 19.0. The molecular weight excluding hydrogens is 827 g/mol. The summed E-state index contributed by atoms with van der Waals surface area (Å²) in [5.41, 5.74) is 10.3. The van der Waals surface area contributed by atoms with Crippen molar-refractivity contribution in [2.24, 2.45) is 9.98 Å². The predicted octanol–water partition coefficient (Wildman–Crippen LogP) is 10.6. The van der Waals surface area contributed by atoms with E-state index in [-0.39, 0.29) is 27.6 Å². The maximum atomic E-state index is 10.4. The van der Waals surface area contributed by atoms with Crippen LogP contribution in [0.25, 0.3) is 0 Å². The zero-order chi connectivity index (χ0) is 45.5. The molecule has 0 fully saturated rings. The van der Waals surface area contributed by atoms with Gasteiger partial charge in [-0.05, 0) is 155 Å². The average Bonchev–Trinajstić information content (AvgIpc) is 3.23. The van der Waals surface area contributed by atoms with Gasteiger partial charge in [0.1, 0.15) is 0 Å². The Morgan fingerprint density at radius 2 is 0.871 bits per heavy atom. The minimum absolute atomic E-state index is 0. The number of hydrogen-bond acceptors (Lipinski definition) is 10.